The lowest BCUT2D eigenvalue weighted by molar-refractivity contribution is 0.191. The molecule has 0 amide bonds. The Labute approximate surface area is 126 Å². The summed E-state index contributed by atoms with van der Waals surface area (Å²) in [5, 5.41) is 4.05. The van der Waals surface area contributed by atoms with Gasteiger partial charge in [-0.05, 0) is 18.2 Å². The molecular weight excluding hydrogens is 295 g/mol. The lowest BCUT2D eigenvalue weighted by Crippen LogP contribution is -2.44. The molecule has 104 valence electrons. The summed E-state index contributed by atoms with van der Waals surface area (Å²) >= 11 is 5.87. The van der Waals surface area contributed by atoms with Crippen LogP contribution >= 0.6 is 36.4 Å². The van der Waals surface area contributed by atoms with Crippen LogP contribution in [0.3, 0.4) is 0 Å². The average molecular weight is 314 g/mol. The molecule has 1 fully saturated rings. The third kappa shape index (κ3) is 6.12. The molecule has 1 aliphatic rings. The molecule has 0 bridgehead atoms. The van der Waals surface area contributed by atoms with E-state index >= 15 is 0 Å². The Hall–Kier alpha value is -0.190. The molecule has 3 nitrogen and oxygen atoms in total. The molecule has 1 N–H and O–H groups in total. The van der Waals surface area contributed by atoms with Gasteiger partial charge in [0, 0.05) is 37.7 Å². The molecule has 1 heterocycles. The highest BCUT2D eigenvalue weighted by molar-refractivity contribution is 6.30. The van der Waals surface area contributed by atoms with Gasteiger partial charge in [0.2, 0.25) is 0 Å². The summed E-state index contributed by atoms with van der Waals surface area (Å²) in [6.45, 7) is 6.08. The van der Waals surface area contributed by atoms with Crippen molar-refractivity contribution in [2.24, 2.45) is 0 Å². The second-order valence-electron chi connectivity index (χ2n) is 3.90. The van der Waals surface area contributed by atoms with Crippen molar-refractivity contribution < 1.29 is 4.74 Å². The van der Waals surface area contributed by atoms with Crippen LogP contribution in [-0.2, 0) is 0 Å². The fourth-order valence-electron chi connectivity index (χ4n) is 1.78. The number of halogens is 3. The molecule has 1 aliphatic heterocycles. The van der Waals surface area contributed by atoms with Crippen LogP contribution in [0.15, 0.2) is 24.3 Å². The van der Waals surface area contributed by atoms with E-state index in [4.69, 9.17) is 16.3 Å². The highest BCUT2D eigenvalue weighted by Crippen LogP contribution is 2.16. The molecule has 0 atom stereocenters. The topological polar surface area (TPSA) is 24.5 Å². The van der Waals surface area contributed by atoms with E-state index in [2.05, 4.69) is 10.2 Å². The molecule has 0 spiro atoms. The zero-order chi connectivity index (χ0) is 11.2. The van der Waals surface area contributed by atoms with Gasteiger partial charge < -0.3 is 10.1 Å². The van der Waals surface area contributed by atoms with Gasteiger partial charge >= 0.3 is 0 Å². The van der Waals surface area contributed by atoms with Crippen LogP contribution in [0.4, 0.5) is 0 Å². The number of hydrogen-bond acceptors (Lipinski definition) is 3. The number of ether oxygens (including phenoxy) is 1. The van der Waals surface area contributed by atoms with Crippen LogP contribution in [0.1, 0.15) is 0 Å². The SMILES string of the molecule is Cl.Cl.Clc1cccc(OCCN2CCNCC2)c1. The monoisotopic (exact) mass is 312 g/mol. The Kier molecular flexibility index (Phi) is 9.60. The Morgan fingerprint density at radius 3 is 2.61 bits per heavy atom. The molecule has 0 saturated carbocycles. The summed E-state index contributed by atoms with van der Waals surface area (Å²) in [5.41, 5.74) is 0. The summed E-state index contributed by atoms with van der Waals surface area (Å²) < 4.78 is 5.64. The molecule has 0 radical (unpaired) electrons. The zero-order valence-electron chi connectivity index (χ0n) is 10.1. The first-order valence-electron chi connectivity index (χ1n) is 5.66. The zero-order valence-corrected chi connectivity index (χ0v) is 12.5. The van der Waals surface area contributed by atoms with E-state index in [1.165, 1.54) is 0 Å². The first-order valence-corrected chi connectivity index (χ1v) is 6.04. The van der Waals surface area contributed by atoms with E-state index in [9.17, 15) is 0 Å². The van der Waals surface area contributed by atoms with Crippen LogP contribution in [0, 0.1) is 0 Å². The standard InChI is InChI=1S/C12H17ClN2O.2ClH/c13-11-2-1-3-12(10-11)16-9-8-15-6-4-14-5-7-15;;/h1-3,10,14H,4-9H2;2*1H. The Morgan fingerprint density at radius 2 is 1.94 bits per heavy atom. The van der Waals surface area contributed by atoms with Crippen molar-refractivity contribution in [3.05, 3.63) is 29.3 Å². The summed E-state index contributed by atoms with van der Waals surface area (Å²) in [7, 11) is 0. The predicted octanol–water partition coefficient (Wildman–Crippen LogP) is 2.47. The smallest absolute Gasteiger partial charge is 0.120 e. The van der Waals surface area contributed by atoms with Gasteiger partial charge in [-0.2, -0.15) is 0 Å². The normalized spacial score (nSPS) is 15.4. The third-order valence-corrected chi connectivity index (χ3v) is 2.92. The highest BCUT2D eigenvalue weighted by Gasteiger charge is 2.08. The van der Waals surface area contributed by atoms with Gasteiger partial charge in [0.05, 0.1) is 0 Å². The molecule has 6 heteroatoms. The largest absolute Gasteiger partial charge is 0.492 e. The first kappa shape index (κ1) is 17.8. The van der Waals surface area contributed by atoms with Gasteiger partial charge in [0.15, 0.2) is 0 Å². The minimum Gasteiger partial charge on any atom is -0.492 e. The summed E-state index contributed by atoms with van der Waals surface area (Å²) in [6, 6.07) is 7.54. The molecular formula is C12H19Cl3N2O. The van der Waals surface area contributed by atoms with Crippen molar-refractivity contribution in [3.8, 4) is 5.75 Å². The first-order chi connectivity index (χ1) is 7.84. The van der Waals surface area contributed by atoms with Crippen molar-refractivity contribution in [1.82, 2.24) is 10.2 Å². The summed E-state index contributed by atoms with van der Waals surface area (Å²) in [4.78, 5) is 2.40. The number of piperazine rings is 1. The molecule has 1 saturated heterocycles. The van der Waals surface area contributed by atoms with Gasteiger partial charge in [-0.1, -0.05) is 17.7 Å². The van der Waals surface area contributed by atoms with Gasteiger partial charge in [0.25, 0.3) is 0 Å². The van der Waals surface area contributed by atoms with Crippen molar-refractivity contribution in [3.63, 3.8) is 0 Å². The number of nitrogens with zero attached hydrogens (tertiary/aromatic N) is 1. The van der Waals surface area contributed by atoms with Crippen LogP contribution < -0.4 is 10.1 Å². The second-order valence-corrected chi connectivity index (χ2v) is 4.33. The molecule has 18 heavy (non-hydrogen) atoms. The van der Waals surface area contributed by atoms with Gasteiger partial charge in [-0.3, -0.25) is 4.90 Å². The van der Waals surface area contributed by atoms with Crippen molar-refractivity contribution in [2.75, 3.05) is 39.3 Å². The lowest BCUT2D eigenvalue weighted by Gasteiger charge is -2.26. The summed E-state index contributed by atoms with van der Waals surface area (Å²) in [5.74, 6) is 0.850. The summed E-state index contributed by atoms with van der Waals surface area (Å²) in [6.07, 6.45) is 0. The molecule has 1 aromatic carbocycles. The minimum absolute atomic E-state index is 0. The molecule has 0 aromatic heterocycles. The second kappa shape index (κ2) is 9.70. The highest BCUT2D eigenvalue weighted by atomic mass is 35.5. The molecule has 1 aromatic rings. The number of benzene rings is 1. The fourth-order valence-corrected chi connectivity index (χ4v) is 1.96. The number of rotatable bonds is 4. The van der Waals surface area contributed by atoms with Crippen molar-refractivity contribution >= 4 is 36.4 Å². The quantitative estimate of drug-likeness (QED) is 0.924. The average Bonchev–Trinajstić information content (AvgIpc) is 2.30. The van der Waals surface area contributed by atoms with E-state index in [1.54, 1.807) is 0 Å². The Bertz CT molecular complexity index is 333. The van der Waals surface area contributed by atoms with Gasteiger partial charge in [0.1, 0.15) is 12.4 Å². The van der Waals surface area contributed by atoms with Gasteiger partial charge in [-0.15, -0.1) is 24.8 Å². The van der Waals surface area contributed by atoms with Crippen LogP contribution in [0.5, 0.6) is 5.75 Å². The number of hydrogen-bond donors (Lipinski definition) is 1. The van der Waals surface area contributed by atoms with Crippen LogP contribution in [0.25, 0.3) is 0 Å². The van der Waals surface area contributed by atoms with E-state index in [1.807, 2.05) is 24.3 Å². The minimum atomic E-state index is 0. The maximum absolute atomic E-state index is 5.87. The third-order valence-electron chi connectivity index (χ3n) is 2.68. The Balaban J connectivity index is 0.00000144. The maximum Gasteiger partial charge on any atom is 0.120 e. The Morgan fingerprint density at radius 1 is 1.22 bits per heavy atom. The molecule has 2 rings (SSSR count). The van der Waals surface area contributed by atoms with Crippen molar-refractivity contribution in [2.45, 2.75) is 0 Å². The maximum atomic E-state index is 5.87. The molecule has 0 aliphatic carbocycles. The predicted molar refractivity (Wildman–Crippen MR) is 80.8 cm³/mol. The fraction of sp³-hybridized carbons (Fsp3) is 0.500. The van der Waals surface area contributed by atoms with E-state index < -0.39 is 0 Å². The van der Waals surface area contributed by atoms with Crippen LogP contribution in [0.2, 0.25) is 5.02 Å². The van der Waals surface area contributed by atoms with E-state index in [0.717, 1.165) is 50.1 Å². The number of nitrogens with one attached hydrogen (secondary N) is 1. The molecule has 0 unspecified atom stereocenters. The van der Waals surface area contributed by atoms with Crippen LogP contribution in [-0.4, -0.2) is 44.2 Å². The lowest BCUT2D eigenvalue weighted by atomic mass is 10.3. The van der Waals surface area contributed by atoms with E-state index in [-0.39, 0.29) is 24.8 Å². The van der Waals surface area contributed by atoms with Gasteiger partial charge in [-0.25, -0.2) is 0 Å². The van der Waals surface area contributed by atoms with Crippen molar-refractivity contribution in [1.29, 1.82) is 0 Å². The van der Waals surface area contributed by atoms with E-state index in [0.29, 0.717) is 0 Å².